The highest BCUT2D eigenvalue weighted by Crippen LogP contribution is 2.29. The molecule has 0 fully saturated rings. The maximum Gasteiger partial charge on any atom is 0.471 e. The average Bonchev–Trinajstić information content (AvgIpc) is 3.39. The molecule has 0 atom stereocenters. The summed E-state index contributed by atoms with van der Waals surface area (Å²) in [5.74, 6) is -1.69. The van der Waals surface area contributed by atoms with E-state index in [1.807, 2.05) is 7.05 Å². The van der Waals surface area contributed by atoms with Crippen LogP contribution in [0.1, 0.15) is 17.3 Å². The van der Waals surface area contributed by atoms with E-state index in [1.54, 1.807) is 17.1 Å². The fourth-order valence-electron chi connectivity index (χ4n) is 2.76. The largest absolute Gasteiger partial charge is 0.471 e. The van der Waals surface area contributed by atoms with Crippen LogP contribution in [0.15, 0.2) is 45.0 Å². The summed E-state index contributed by atoms with van der Waals surface area (Å²) in [7, 11) is 1.81. The molecule has 3 aromatic heterocycles. The van der Waals surface area contributed by atoms with Gasteiger partial charge in [0.25, 0.3) is 10.9 Å². The highest BCUT2D eigenvalue weighted by atomic mass is 19.4. The lowest BCUT2D eigenvalue weighted by Gasteiger charge is -2.14. The maximum atomic E-state index is 12.6. The number of hydrogen-bond acceptors (Lipinski definition) is 9. The van der Waals surface area contributed by atoms with Crippen molar-refractivity contribution in [3.63, 3.8) is 0 Å². The van der Waals surface area contributed by atoms with Crippen LogP contribution in [0, 0.1) is 0 Å². The van der Waals surface area contributed by atoms with Gasteiger partial charge in [-0.1, -0.05) is 5.16 Å². The summed E-state index contributed by atoms with van der Waals surface area (Å²) in [5, 5.41) is 9.03. The first-order valence-corrected chi connectivity index (χ1v) is 8.86. The number of imidazole rings is 1. The number of alkyl halides is 3. The Hall–Kier alpha value is -4.03. The summed E-state index contributed by atoms with van der Waals surface area (Å²) >= 11 is 0. The molecule has 160 valence electrons. The molecule has 10 nitrogen and oxygen atoms in total. The van der Waals surface area contributed by atoms with Crippen LogP contribution in [0.5, 0.6) is 0 Å². The van der Waals surface area contributed by atoms with E-state index in [0.717, 1.165) is 0 Å². The minimum absolute atomic E-state index is 0.115. The second-order valence-electron chi connectivity index (χ2n) is 6.60. The van der Waals surface area contributed by atoms with Crippen LogP contribution in [0.25, 0.3) is 11.4 Å². The summed E-state index contributed by atoms with van der Waals surface area (Å²) < 4.78 is 43.6. The Labute approximate surface area is 171 Å². The van der Waals surface area contributed by atoms with E-state index in [0.29, 0.717) is 11.4 Å². The summed E-state index contributed by atoms with van der Waals surface area (Å²) in [6.45, 7) is 0.390. The SMILES string of the molecule is Cn1cnc(CNc2c(NCc3ccc(-c4noc(C(F)(F)F)n4)cn3)c(=O)c2=O)c1. The van der Waals surface area contributed by atoms with Crippen molar-refractivity contribution in [3.8, 4) is 11.4 Å². The van der Waals surface area contributed by atoms with Crippen molar-refractivity contribution in [1.29, 1.82) is 0 Å². The number of pyridine rings is 1. The van der Waals surface area contributed by atoms with Gasteiger partial charge < -0.3 is 19.7 Å². The minimum Gasteiger partial charge on any atom is -0.374 e. The summed E-state index contributed by atoms with van der Waals surface area (Å²) in [5.41, 5.74) is 0.445. The van der Waals surface area contributed by atoms with Gasteiger partial charge in [0.1, 0.15) is 11.4 Å². The molecule has 0 spiro atoms. The third kappa shape index (κ3) is 4.15. The Kier molecular flexibility index (Phi) is 5.01. The Morgan fingerprint density at radius 2 is 1.71 bits per heavy atom. The Morgan fingerprint density at radius 3 is 2.23 bits per heavy atom. The quantitative estimate of drug-likeness (QED) is 0.419. The van der Waals surface area contributed by atoms with E-state index in [-0.39, 0.29) is 35.9 Å². The maximum absolute atomic E-state index is 12.6. The van der Waals surface area contributed by atoms with Crippen molar-refractivity contribution in [2.24, 2.45) is 7.05 Å². The standard InChI is InChI=1S/C18H14F3N7O3/c1-28-7-11(25-8-28)6-24-13-12(14(29)15(13)30)23-5-10-3-2-9(4-22-10)16-26-17(31-27-16)18(19,20)21/h2-4,7-8,23-24H,5-6H2,1H3. The van der Waals surface area contributed by atoms with Crippen LogP contribution in [0.4, 0.5) is 24.5 Å². The molecule has 0 aliphatic rings. The molecule has 31 heavy (non-hydrogen) atoms. The van der Waals surface area contributed by atoms with Crippen LogP contribution < -0.4 is 21.5 Å². The highest BCUT2D eigenvalue weighted by Gasteiger charge is 2.38. The monoisotopic (exact) mass is 433 g/mol. The Bertz CT molecular complexity index is 1280. The van der Waals surface area contributed by atoms with Gasteiger partial charge in [-0.25, -0.2) is 4.98 Å². The van der Waals surface area contributed by atoms with Crippen molar-refractivity contribution in [2.75, 3.05) is 10.6 Å². The second-order valence-corrected chi connectivity index (χ2v) is 6.60. The van der Waals surface area contributed by atoms with Gasteiger partial charge in [0.15, 0.2) is 0 Å². The smallest absolute Gasteiger partial charge is 0.374 e. The molecule has 4 aromatic rings. The van der Waals surface area contributed by atoms with Crippen molar-refractivity contribution in [1.82, 2.24) is 24.7 Å². The average molecular weight is 433 g/mol. The predicted molar refractivity (Wildman–Crippen MR) is 102 cm³/mol. The molecular weight excluding hydrogens is 419 g/mol. The molecule has 0 radical (unpaired) electrons. The van der Waals surface area contributed by atoms with Crippen molar-refractivity contribution in [2.45, 2.75) is 19.3 Å². The van der Waals surface area contributed by atoms with Crippen LogP contribution in [-0.4, -0.2) is 24.7 Å². The number of anilines is 2. The molecule has 0 aliphatic carbocycles. The van der Waals surface area contributed by atoms with Gasteiger partial charge in [-0.15, -0.1) is 0 Å². The minimum atomic E-state index is -4.73. The lowest BCUT2D eigenvalue weighted by atomic mass is 10.1. The van der Waals surface area contributed by atoms with Gasteiger partial charge in [-0.05, 0) is 12.1 Å². The molecule has 3 heterocycles. The van der Waals surface area contributed by atoms with Crippen molar-refractivity contribution in [3.05, 3.63) is 68.6 Å². The molecule has 2 N–H and O–H groups in total. The van der Waals surface area contributed by atoms with Gasteiger partial charge in [0, 0.05) is 25.0 Å². The van der Waals surface area contributed by atoms with Crippen LogP contribution >= 0.6 is 0 Å². The number of nitrogens with zero attached hydrogens (tertiary/aromatic N) is 5. The number of nitrogens with one attached hydrogen (secondary N) is 2. The van der Waals surface area contributed by atoms with E-state index in [4.69, 9.17) is 0 Å². The highest BCUT2D eigenvalue weighted by molar-refractivity contribution is 5.73. The van der Waals surface area contributed by atoms with E-state index < -0.39 is 22.9 Å². The number of halogens is 3. The van der Waals surface area contributed by atoms with E-state index >= 15 is 0 Å². The Morgan fingerprint density at radius 1 is 1.03 bits per heavy atom. The van der Waals surface area contributed by atoms with E-state index in [1.165, 1.54) is 18.3 Å². The predicted octanol–water partition coefficient (Wildman–Crippen LogP) is 1.70. The fourth-order valence-corrected chi connectivity index (χ4v) is 2.76. The zero-order valence-corrected chi connectivity index (χ0v) is 15.9. The first-order chi connectivity index (χ1) is 14.7. The number of aromatic nitrogens is 5. The van der Waals surface area contributed by atoms with Crippen molar-refractivity contribution >= 4 is 11.4 Å². The molecule has 0 bridgehead atoms. The third-order valence-electron chi connectivity index (χ3n) is 4.31. The van der Waals surface area contributed by atoms with E-state index in [2.05, 4.69) is 35.3 Å². The summed E-state index contributed by atoms with van der Waals surface area (Å²) in [4.78, 5) is 35.2. The summed E-state index contributed by atoms with van der Waals surface area (Å²) in [6.07, 6.45) is -0.0552. The molecule has 4 rings (SSSR count). The first kappa shape index (κ1) is 20.3. The van der Waals surface area contributed by atoms with Crippen LogP contribution in [0.2, 0.25) is 0 Å². The zero-order chi connectivity index (χ0) is 22.2. The molecular formula is C18H14F3N7O3. The topological polar surface area (TPSA) is 128 Å². The Balaban J connectivity index is 1.40. The lowest BCUT2D eigenvalue weighted by molar-refractivity contribution is -0.159. The van der Waals surface area contributed by atoms with Crippen molar-refractivity contribution < 1.29 is 17.7 Å². The molecule has 1 aromatic carbocycles. The molecule has 13 heteroatoms. The van der Waals surface area contributed by atoms with Crippen LogP contribution in [-0.2, 0) is 26.3 Å². The molecule has 0 saturated carbocycles. The van der Waals surface area contributed by atoms with E-state index in [9.17, 15) is 22.8 Å². The second kappa shape index (κ2) is 7.66. The molecule has 0 saturated heterocycles. The first-order valence-electron chi connectivity index (χ1n) is 8.86. The van der Waals surface area contributed by atoms with Gasteiger partial charge in [0.05, 0.1) is 30.8 Å². The number of aryl methyl sites for hydroxylation is 1. The van der Waals surface area contributed by atoms with Gasteiger partial charge >= 0.3 is 12.1 Å². The summed E-state index contributed by atoms with van der Waals surface area (Å²) in [6, 6.07) is 3.00. The molecule has 0 unspecified atom stereocenters. The zero-order valence-electron chi connectivity index (χ0n) is 15.9. The fraction of sp³-hybridized carbons (Fsp3) is 0.222. The normalized spacial score (nSPS) is 11.7. The van der Waals surface area contributed by atoms with Crippen LogP contribution in [0.3, 0.4) is 0 Å². The van der Waals surface area contributed by atoms with Gasteiger partial charge in [-0.2, -0.15) is 18.2 Å². The third-order valence-corrected chi connectivity index (χ3v) is 4.31. The van der Waals surface area contributed by atoms with Gasteiger partial charge in [0.2, 0.25) is 5.82 Å². The number of hydrogen-bond donors (Lipinski definition) is 2. The number of rotatable bonds is 7. The molecule has 0 aliphatic heterocycles. The molecule has 0 amide bonds. The van der Waals surface area contributed by atoms with Gasteiger partial charge in [-0.3, -0.25) is 14.6 Å². The lowest BCUT2D eigenvalue weighted by Crippen LogP contribution is -2.37.